The number of amides is 1. The second-order valence-electron chi connectivity index (χ2n) is 7.65. The summed E-state index contributed by atoms with van der Waals surface area (Å²) >= 11 is 5.13. The molecule has 144 valence electrons. The van der Waals surface area contributed by atoms with Crippen molar-refractivity contribution in [2.24, 2.45) is 0 Å². The number of carbonyl (C=O) groups excluding carboxylic acids is 1. The van der Waals surface area contributed by atoms with E-state index >= 15 is 0 Å². The van der Waals surface area contributed by atoms with Crippen molar-refractivity contribution in [1.82, 2.24) is 10.6 Å². The van der Waals surface area contributed by atoms with Gasteiger partial charge in [-0.1, -0.05) is 0 Å². The van der Waals surface area contributed by atoms with Crippen LogP contribution in [0.3, 0.4) is 0 Å². The van der Waals surface area contributed by atoms with Crippen LogP contribution in [-0.2, 0) is 10.2 Å². The van der Waals surface area contributed by atoms with Crippen LogP contribution in [0.1, 0.15) is 29.4 Å². The van der Waals surface area contributed by atoms with E-state index < -0.39 is 0 Å². The number of para-hydroxylation sites is 2. The van der Waals surface area contributed by atoms with Gasteiger partial charge in [-0.05, 0) is 0 Å². The van der Waals surface area contributed by atoms with Crippen molar-refractivity contribution in [2.75, 3.05) is 4.90 Å². The number of hydrogen-bond donors (Lipinski definition) is 2. The van der Waals surface area contributed by atoms with Crippen molar-refractivity contribution in [3.8, 4) is 0 Å². The van der Waals surface area contributed by atoms with Crippen LogP contribution in [0.4, 0.5) is 15.9 Å². The van der Waals surface area contributed by atoms with Gasteiger partial charge in [-0.2, -0.15) is 0 Å². The molecule has 1 aromatic heterocycles. The predicted molar refractivity (Wildman–Crippen MR) is 122 cm³/mol. The zero-order valence-electron chi connectivity index (χ0n) is 16.0. The van der Waals surface area contributed by atoms with Crippen LogP contribution in [-0.4, -0.2) is 25.5 Å². The number of nitrogens with zero attached hydrogens (tertiary/aromatic N) is 1. The molecule has 5 rings (SSSR count). The molecule has 0 unspecified atom stereocenters. The van der Waals surface area contributed by atoms with Crippen molar-refractivity contribution in [1.29, 1.82) is 0 Å². The van der Waals surface area contributed by atoms with Gasteiger partial charge in [0.15, 0.2) is 0 Å². The normalized spacial score (nSPS) is 18.3. The van der Waals surface area contributed by atoms with Gasteiger partial charge in [-0.3, -0.25) is 0 Å². The fraction of sp³-hybridized carbons (Fsp3) is 0.130. The molecule has 3 heterocycles. The van der Waals surface area contributed by atoms with Gasteiger partial charge in [0.2, 0.25) is 0 Å². The van der Waals surface area contributed by atoms with E-state index in [1.54, 1.807) is 0 Å². The van der Waals surface area contributed by atoms with Crippen LogP contribution in [0.25, 0.3) is 6.08 Å². The van der Waals surface area contributed by atoms with E-state index in [0.29, 0.717) is 10.8 Å². The maximum atomic E-state index is 12.1. The van der Waals surface area contributed by atoms with Crippen LogP contribution < -0.4 is 15.5 Å². The van der Waals surface area contributed by atoms with Crippen molar-refractivity contribution < 1.29 is 4.79 Å². The zero-order valence-corrected chi connectivity index (χ0v) is 18.6. The maximum absolute atomic E-state index is 12.1. The predicted octanol–water partition coefficient (Wildman–Crippen LogP) is 4.20. The Bertz CT molecular complexity index is 1180. The molecule has 6 heteroatoms. The summed E-state index contributed by atoms with van der Waals surface area (Å²) in [6, 6.07) is 21.4. The molecule has 0 saturated carbocycles. The molecular weight excluding hydrogens is 445 g/mol. The fourth-order valence-corrected chi connectivity index (χ4v) is 6.92. The average Bonchev–Trinajstić information content (AvgIpc) is 3.26. The van der Waals surface area contributed by atoms with Gasteiger partial charge in [0, 0.05) is 0 Å². The van der Waals surface area contributed by atoms with E-state index in [2.05, 4.69) is 84.0 Å². The summed E-state index contributed by atoms with van der Waals surface area (Å²) in [6.07, 6.45) is 1.94. The second kappa shape index (κ2) is 6.70. The van der Waals surface area contributed by atoms with E-state index in [0.717, 1.165) is 10.1 Å². The summed E-state index contributed by atoms with van der Waals surface area (Å²) in [6.45, 7) is 4.56. The van der Waals surface area contributed by atoms with E-state index in [9.17, 15) is 4.79 Å². The van der Waals surface area contributed by atoms with Crippen LogP contribution in [0.2, 0.25) is 0 Å². The number of thiocarbonyl (C=S) groups is 1. The van der Waals surface area contributed by atoms with Gasteiger partial charge in [-0.15, -0.1) is 0 Å². The Kier molecular flexibility index (Phi) is 4.24. The molecule has 1 fully saturated rings. The van der Waals surface area contributed by atoms with Gasteiger partial charge in [0.05, 0.1) is 0 Å². The Morgan fingerprint density at radius 3 is 2.45 bits per heavy atom. The van der Waals surface area contributed by atoms with Gasteiger partial charge < -0.3 is 0 Å². The Hall–Kier alpha value is -2.66. The third-order valence-corrected chi connectivity index (χ3v) is 7.89. The first-order valence-corrected chi connectivity index (χ1v) is 11.5. The molecule has 0 atom stereocenters. The molecule has 0 spiro atoms. The minimum atomic E-state index is -0.168. The molecule has 2 aliphatic rings. The van der Waals surface area contributed by atoms with Crippen molar-refractivity contribution >= 4 is 59.8 Å². The zero-order chi connectivity index (χ0) is 20.2. The van der Waals surface area contributed by atoms with Crippen LogP contribution in [0.15, 0.2) is 66.4 Å². The molecule has 1 saturated heterocycles. The fourth-order valence-electron chi connectivity index (χ4n) is 3.99. The molecule has 0 radical (unpaired) electrons. The summed E-state index contributed by atoms with van der Waals surface area (Å²) in [5.74, 6) is -0.168. The first-order chi connectivity index (χ1) is 13.9. The standard InChI is InChI=1S/C23H19N3OSSe/c1-23(2)16-10-6-7-11-19(16)26(14-8-4-3-5-9-14)21-17(23)12-15(29-21)13-18-20(27)25-22(28)24-18/h3-13H,1-2H3,(H2,24,25,27,28)/b18-13+. The van der Waals surface area contributed by atoms with Gasteiger partial charge >= 0.3 is 181 Å². The van der Waals surface area contributed by atoms with Gasteiger partial charge in [-0.25, -0.2) is 0 Å². The molecule has 2 N–H and O–H groups in total. The molecule has 2 aromatic carbocycles. The number of benzene rings is 2. The molecular formula is C23H19N3OSSe. The number of nitrogens with one attached hydrogen (secondary N) is 2. The minimum absolute atomic E-state index is 0.0646. The number of hydrogen-bond acceptors (Lipinski definition) is 3. The quantitative estimate of drug-likeness (QED) is 0.339. The monoisotopic (exact) mass is 465 g/mol. The molecule has 4 nitrogen and oxygen atoms in total. The summed E-state index contributed by atoms with van der Waals surface area (Å²) in [4.78, 5) is 14.5. The Morgan fingerprint density at radius 2 is 1.72 bits per heavy atom. The van der Waals surface area contributed by atoms with E-state index in [4.69, 9.17) is 12.2 Å². The van der Waals surface area contributed by atoms with Gasteiger partial charge in [0.1, 0.15) is 0 Å². The molecule has 0 aliphatic carbocycles. The molecule has 2 aliphatic heterocycles. The Balaban J connectivity index is 1.71. The SMILES string of the molecule is CC1(C)c2ccccc2N(c2ccccc2)c2[se]c(/C=C3/NC(=S)NC3=O)cc21. The Labute approximate surface area is 181 Å². The third-order valence-electron chi connectivity index (χ3n) is 5.45. The number of anilines is 3. The topological polar surface area (TPSA) is 44.4 Å². The van der Waals surface area contributed by atoms with E-state index in [1.165, 1.54) is 21.4 Å². The molecule has 1 amide bonds. The van der Waals surface area contributed by atoms with E-state index in [1.807, 2.05) is 12.1 Å². The first kappa shape index (κ1) is 18.4. The first-order valence-electron chi connectivity index (χ1n) is 9.38. The Morgan fingerprint density at radius 1 is 1.00 bits per heavy atom. The van der Waals surface area contributed by atoms with E-state index in [-0.39, 0.29) is 25.8 Å². The third kappa shape index (κ3) is 2.96. The summed E-state index contributed by atoms with van der Waals surface area (Å²) in [5.41, 5.74) is 5.41. The number of fused-ring (bicyclic) bond motifs is 2. The van der Waals surface area contributed by atoms with Crippen LogP contribution in [0.5, 0.6) is 0 Å². The summed E-state index contributed by atoms with van der Waals surface area (Å²) in [7, 11) is 0. The molecule has 0 bridgehead atoms. The second-order valence-corrected chi connectivity index (χ2v) is 10.3. The molecule has 3 aromatic rings. The van der Waals surface area contributed by atoms with Crippen LogP contribution >= 0.6 is 12.2 Å². The number of rotatable bonds is 2. The van der Waals surface area contributed by atoms with Crippen molar-refractivity contribution in [3.63, 3.8) is 0 Å². The average molecular weight is 464 g/mol. The van der Waals surface area contributed by atoms with Crippen LogP contribution in [0, 0.1) is 0 Å². The van der Waals surface area contributed by atoms with Crippen molar-refractivity contribution in [2.45, 2.75) is 19.3 Å². The van der Waals surface area contributed by atoms with Gasteiger partial charge in [0.25, 0.3) is 0 Å². The number of carbonyl (C=O) groups is 1. The summed E-state index contributed by atoms with van der Waals surface area (Å²) in [5, 5.41) is 5.96. The van der Waals surface area contributed by atoms with Crippen molar-refractivity contribution in [3.05, 3.63) is 81.9 Å². The summed E-state index contributed by atoms with van der Waals surface area (Å²) < 4.78 is 2.48. The molecule has 29 heavy (non-hydrogen) atoms.